The van der Waals surface area contributed by atoms with E-state index in [4.69, 9.17) is 9.47 Å². The maximum absolute atomic E-state index is 13.8. The van der Waals surface area contributed by atoms with E-state index in [1.807, 2.05) is 30.3 Å². The van der Waals surface area contributed by atoms with Crippen LogP contribution in [0.1, 0.15) is 45.2 Å². The lowest BCUT2D eigenvalue weighted by atomic mass is 9.94. The molecule has 1 aliphatic rings. The van der Waals surface area contributed by atoms with Gasteiger partial charge in [-0.25, -0.2) is 13.6 Å². The van der Waals surface area contributed by atoms with Gasteiger partial charge in [0.2, 0.25) is 5.91 Å². The molecule has 0 spiro atoms. The normalized spacial score (nSPS) is 19.6. The summed E-state index contributed by atoms with van der Waals surface area (Å²) in [7, 11) is 0. The van der Waals surface area contributed by atoms with Crippen molar-refractivity contribution in [2.24, 2.45) is 0 Å². The predicted octanol–water partition coefficient (Wildman–Crippen LogP) is 3.97. The summed E-state index contributed by atoms with van der Waals surface area (Å²) in [4.78, 5) is 26.4. The van der Waals surface area contributed by atoms with Gasteiger partial charge in [-0.05, 0) is 56.9 Å². The first-order valence-corrected chi connectivity index (χ1v) is 12.0. The van der Waals surface area contributed by atoms with Crippen molar-refractivity contribution in [3.8, 4) is 0 Å². The number of likely N-dealkylation sites (tertiary alicyclic amines) is 1. The summed E-state index contributed by atoms with van der Waals surface area (Å²) < 4.78 is 39.1. The van der Waals surface area contributed by atoms with Crippen molar-refractivity contribution < 1.29 is 33.0 Å². The molecule has 0 saturated carbocycles. The first-order chi connectivity index (χ1) is 16.9. The lowest BCUT2D eigenvalue weighted by Gasteiger charge is -2.34. The Morgan fingerprint density at radius 1 is 1.11 bits per heavy atom. The molecule has 2 aromatic rings. The summed E-state index contributed by atoms with van der Waals surface area (Å²) in [6, 6.07) is 11.0. The number of amides is 2. The fourth-order valence-corrected chi connectivity index (χ4v) is 4.36. The number of aliphatic hydroxyl groups is 1. The summed E-state index contributed by atoms with van der Waals surface area (Å²) in [6.45, 7) is 7.04. The number of rotatable bonds is 8. The number of nitrogens with one attached hydrogen (secondary N) is 1. The second-order valence-electron chi connectivity index (χ2n) is 10.1. The van der Waals surface area contributed by atoms with Gasteiger partial charge in [0.25, 0.3) is 0 Å². The van der Waals surface area contributed by atoms with Gasteiger partial charge >= 0.3 is 6.09 Å². The monoisotopic (exact) mass is 504 g/mol. The maximum Gasteiger partial charge on any atom is 0.410 e. The van der Waals surface area contributed by atoms with Crippen molar-refractivity contribution in [1.29, 1.82) is 0 Å². The molecule has 2 N–H and O–H groups in total. The van der Waals surface area contributed by atoms with Crippen LogP contribution in [-0.2, 0) is 27.3 Å². The number of carbonyl (C=O) groups is 2. The molecule has 4 atom stereocenters. The molecule has 0 aromatic heterocycles. The molecular weight excluding hydrogens is 470 g/mol. The van der Waals surface area contributed by atoms with Crippen LogP contribution in [-0.4, -0.2) is 58.4 Å². The number of nitrogens with zero attached hydrogens (tertiary/aromatic N) is 1. The lowest BCUT2D eigenvalue weighted by molar-refractivity contribution is -0.120. The van der Waals surface area contributed by atoms with Crippen molar-refractivity contribution in [3.05, 3.63) is 71.3 Å². The van der Waals surface area contributed by atoms with Gasteiger partial charge in [0.15, 0.2) is 0 Å². The van der Waals surface area contributed by atoms with Gasteiger partial charge in [0.05, 0.1) is 37.4 Å². The van der Waals surface area contributed by atoms with Crippen LogP contribution in [0.25, 0.3) is 0 Å². The molecule has 1 fully saturated rings. The second kappa shape index (κ2) is 11.8. The molecule has 0 bridgehead atoms. The number of hydrogen-bond donors (Lipinski definition) is 2. The first-order valence-electron chi connectivity index (χ1n) is 12.0. The molecule has 36 heavy (non-hydrogen) atoms. The number of ether oxygens (including phenoxy) is 2. The topological polar surface area (TPSA) is 88.1 Å². The van der Waals surface area contributed by atoms with Gasteiger partial charge in [-0.1, -0.05) is 30.3 Å². The number of halogens is 2. The highest BCUT2D eigenvalue weighted by Gasteiger charge is 2.44. The van der Waals surface area contributed by atoms with E-state index in [9.17, 15) is 23.5 Å². The third-order valence-corrected chi connectivity index (χ3v) is 5.83. The minimum atomic E-state index is -1.25. The highest BCUT2D eigenvalue weighted by molar-refractivity contribution is 5.73. The van der Waals surface area contributed by atoms with Gasteiger partial charge in [-0.3, -0.25) is 9.69 Å². The van der Waals surface area contributed by atoms with E-state index in [1.165, 1.54) is 11.8 Å². The molecule has 1 aliphatic heterocycles. The zero-order valence-electron chi connectivity index (χ0n) is 21.0. The summed E-state index contributed by atoms with van der Waals surface area (Å²) >= 11 is 0. The highest BCUT2D eigenvalue weighted by Crippen LogP contribution is 2.28. The lowest BCUT2D eigenvalue weighted by Crippen LogP contribution is -2.54. The largest absolute Gasteiger partial charge is 0.444 e. The van der Waals surface area contributed by atoms with E-state index in [-0.39, 0.29) is 24.6 Å². The summed E-state index contributed by atoms with van der Waals surface area (Å²) in [5, 5.41) is 14.0. The van der Waals surface area contributed by atoms with Crippen LogP contribution in [0.4, 0.5) is 13.6 Å². The minimum Gasteiger partial charge on any atom is -0.444 e. The van der Waals surface area contributed by atoms with Gasteiger partial charge in [-0.2, -0.15) is 0 Å². The SMILES string of the molecule is CC(=O)NC(Cc1cc(F)cc(F)c1)C(O)C1CC(OCc2ccccc2)CN1C(=O)OC(C)(C)C. The van der Waals surface area contributed by atoms with E-state index in [1.54, 1.807) is 20.8 Å². The van der Waals surface area contributed by atoms with Crippen LogP contribution in [0.3, 0.4) is 0 Å². The molecule has 1 saturated heterocycles. The Balaban J connectivity index is 1.82. The fraction of sp³-hybridized carbons (Fsp3) is 0.481. The Kier molecular flexibility index (Phi) is 9.03. The summed E-state index contributed by atoms with van der Waals surface area (Å²) in [5.41, 5.74) is 0.477. The van der Waals surface area contributed by atoms with Crippen molar-refractivity contribution >= 4 is 12.0 Å². The molecule has 3 rings (SSSR count). The Labute approximate surface area is 210 Å². The number of aliphatic hydroxyl groups excluding tert-OH is 1. The van der Waals surface area contributed by atoms with Crippen LogP contribution in [0, 0.1) is 11.6 Å². The molecule has 7 nitrogen and oxygen atoms in total. The molecule has 2 amide bonds. The van der Waals surface area contributed by atoms with Gasteiger partial charge in [-0.15, -0.1) is 0 Å². The van der Waals surface area contributed by atoms with Gasteiger partial charge < -0.3 is 19.9 Å². The van der Waals surface area contributed by atoms with E-state index >= 15 is 0 Å². The van der Waals surface area contributed by atoms with E-state index < -0.39 is 47.4 Å². The predicted molar refractivity (Wildman–Crippen MR) is 130 cm³/mol. The van der Waals surface area contributed by atoms with Crippen LogP contribution in [0.5, 0.6) is 0 Å². The maximum atomic E-state index is 13.8. The van der Waals surface area contributed by atoms with Crippen LogP contribution < -0.4 is 5.32 Å². The molecule has 2 aromatic carbocycles. The Morgan fingerprint density at radius 3 is 2.33 bits per heavy atom. The zero-order chi connectivity index (χ0) is 26.5. The van der Waals surface area contributed by atoms with Crippen LogP contribution in [0.2, 0.25) is 0 Å². The van der Waals surface area contributed by atoms with Gasteiger partial charge in [0.1, 0.15) is 17.2 Å². The summed E-state index contributed by atoms with van der Waals surface area (Å²) in [5.74, 6) is -1.94. The first kappa shape index (κ1) is 27.5. The Morgan fingerprint density at radius 2 is 1.75 bits per heavy atom. The average Bonchev–Trinajstić information content (AvgIpc) is 3.20. The van der Waals surface area contributed by atoms with Crippen molar-refractivity contribution in [1.82, 2.24) is 10.2 Å². The fourth-order valence-electron chi connectivity index (χ4n) is 4.36. The smallest absolute Gasteiger partial charge is 0.410 e. The molecule has 0 aliphatic carbocycles. The third-order valence-electron chi connectivity index (χ3n) is 5.83. The van der Waals surface area contributed by atoms with Crippen molar-refractivity contribution in [3.63, 3.8) is 0 Å². The zero-order valence-corrected chi connectivity index (χ0v) is 21.0. The van der Waals surface area contributed by atoms with Gasteiger partial charge in [0, 0.05) is 13.0 Å². The Hall–Kier alpha value is -3.04. The number of benzene rings is 2. The third kappa shape index (κ3) is 7.99. The van der Waals surface area contributed by atoms with Crippen LogP contribution >= 0.6 is 0 Å². The molecule has 9 heteroatoms. The van der Waals surface area contributed by atoms with E-state index in [0.29, 0.717) is 13.0 Å². The van der Waals surface area contributed by atoms with Crippen molar-refractivity contribution in [2.45, 2.75) is 77.0 Å². The summed E-state index contributed by atoms with van der Waals surface area (Å²) in [6.07, 6.45) is -2.00. The van der Waals surface area contributed by atoms with E-state index in [2.05, 4.69) is 5.32 Å². The quantitative estimate of drug-likeness (QED) is 0.568. The number of carbonyl (C=O) groups excluding carboxylic acids is 2. The molecular formula is C27H34F2N2O5. The van der Waals surface area contributed by atoms with Crippen LogP contribution in [0.15, 0.2) is 48.5 Å². The average molecular weight is 505 g/mol. The minimum absolute atomic E-state index is 0.0381. The number of hydrogen-bond acceptors (Lipinski definition) is 5. The molecule has 196 valence electrons. The highest BCUT2D eigenvalue weighted by atomic mass is 19.1. The molecule has 0 radical (unpaired) electrons. The second-order valence-corrected chi connectivity index (χ2v) is 10.1. The standard InChI is InChI=1S/C27H34F2N2O5/c1-17(32)30-23(12-19-10-20(28)13-21(29)11-19)25(33)24-14-22(35-16-18-8-6-5-7-9-18)15-31(24)26(34)36-27(2,3)4/h5-11,13,22-25,33H,12,14-16H2,1-4H3,(H,30,32). The Bertz CT molecular complexity index is 1020. The van der Waals surface area contributed by atoms with E-state index in [0.717, 1.165) is 23.8 Å². The van der Waals surface area contributed by atoms with Crippen molar-refractivity contribution in [2.75, 3.05) is 6.54 Å². The molecule has 4 unspecified atom stereocenters. The molecule has 1 heterocycles.